The molecule has 0 aliphatic heterocycles. The quantitative estimate of drug-likeness (QED) is 0.693. The monoisotopic (exact) mass is 366 g/mol. The van der Waals surface area contributed by atoms with Gasteiger partial charge in [0.1, 0.15) is 11.3 Å². The van der Waals surface area contributed by atoms with Crippen molar-refractivity contribution in [3.8, 4) is 0 Å². The summed E-state index contributed by atoms with van der Waals surface area (Å²) in [7, 11) is 3.58. The molecule has 3 aromatic rings. The number of carbonyl (C=O) groups is 1. The summed E-state index contributed by atoms with van der Waals surface area (Å²) in [5, 5.41) is 4.63. The molecule has 0 unspecified atom stereocenters. The number of rotatable bonds is 5. The van der Waals surface area contributed by atoms with Gasteiger partial charge in [-0.2, -0.15) is 5.10 Å². The summed E-state index contributed by atoms with van der Waals surface area (Å²) in [4.78, 5) is 27.3. The first-order valence-electron chi connectivity index (χ1n) is 9.05. The maximum atomic E-state index is 13.2. The molecule has 0 radical (unpaired) electrons. The molecule has 1 amide bonds. The Morgan fingerprint density at radius 2 is 2.07 bits per heavy atom. The normalized spacial score (nSPS) is 13.0. The zero-order chi connectivity index (χ0) is 19.0. The van der Waals surface area contributed by atoms with Crippen molar-refractivity contribution in [3.05, 3.63) is 75.4 Å². The van der Waals surface area contributed by atoms with Crippen molar-refractivity contribution in [1.29, 1.82) is 0 Å². The van der Waals surface area contributed by atoms with E-state index in [0.29, 0.717) is 12.3 Å². The Kier molecular flexibility index (Phi) is 4.43. The molecule has 0 atom stereocenters. The molecule has 0 bridgehead atoms. The Labute approximate surface area is 156 Å². The van der Waals surface area contributed by atoms with Crippen LogP contribution >= 0.6 is 0 Å². The van der Waals surface area contributed by atoms with Gasteiger partial charge in [0.2, 0.25) is 0 Å². The Hall–Kier alpha value is -3.09. The molecule has 3 heterocycles. The van der Waals surface area contributed by atoms with E-state index >= 15 is 0 Å². The minimum Gasteiger partial charge on any atom is -0.467 e. The smallest absolute Gasteiger partial charge is 0.263 e. The van der Waals surface area contributed by atoms with Crippen LogP contribution in [-0.4, -0.2) is 25.2 Å². The summed E-state index contributed by atoms with van der Waals surface area (Å²) in [5.74, 6) is 0.355. The van der Waals surface area contributed by atoms with Gasteiger partial charge in [0, 0.05) is 26.0 Å². The van der Waals surface area contributed by atoms with Crippen LogP contribution in [0, 0.1) is 0 Å². The second-order valence-electron chi connectivity index (χ2n) is 6.93. The lowest BCUT2D eigenvalue weighted by Crippen LogP contribution is -2.35. The van der Waals surface area contributed by atoms with Crippen molar-refractivity contribution in [2.75, 3.05) is 0 Å². The fourth-order valence-corrected chi connectivity index (χ4v) is 3.73. The minimum atomic E-state index is -0.315. The third-order valence-electron chi connectivity index (χ3n) is 5.11. The second-order valence-corrected chi connectivity index (χ2v) is 6.93. The third-order valence-corrected chi connectivity index (χ3v) is 5.11. The van der Waals surface area contributed by atoms with Crippen LogP contribution in [0.5, 0.6) is 0 Å². The topological polar surface area (TPSA) is 73.3 Å². The molecule has 0 saturated carbocycles. The van der Waals surface area contributed by atoms with E-state index in [0.717, 1.165) is 25.0 Å². The van der Waals surface area contributed by atoms with Crippen LogP contribution in [0.4, 0.5) is 0 Å². The van der Waals surface area contributed by atoms with E-state index < -0.39 is 0 Å². The molecule has 0 spiro atoms. The summed E-state index contributed by atoms with van der Waals surface area (Å²) >= 11 is 0. The lowest BCUT2D eigenvalue weighted by molar-refractivity contribution is 0.0712. The molecule has 1 aliphatic carbocycles. The summed E-state index contributed by atoms with van der Waals surface area (Å²) < 4.78 is 8.76. The molecule has 0 N–H and O–H groups in total. The number of aromatic nitrogens is 3. The lowest BCUT2D eigenvalue weighted by atomic mass is 10.1. The van der Waals surface area contributed by atoms with Crippen LogP contribution in [0.25, 0.3) is 0 Å². The van der Waals surface area contributed by atoms with E-state index in [4.69, 9.17) is 4.42 Å². The highest BCUT2D eigenvalue weighted by Crippen LogP contribution is 2.26. The van der Waals surface area contributed by atoms with Gasteiger partial charge in [-0.25, -0.2) is 0 Å². The van der Waals surface area contributed by atoms with E-state index in [1.807, 2.05) is 17.8 Å². The van der Waals surface area contributed by atoms with Crippen LogP contribution in [0.3, 0.4) is 0 Å². The molecule has 4 rings (SSSR count). The number of fused-ring (bicyclic) bond motifs is 1. The number of aryl methyl sites for hydroxylation is 2. The molecular weight excluding hydrogens is 344 g/mol. The maximum absolute atomic E-state index is 13.2. The van der Waals surface area contributed by atoms with Crippen LogP contribution in [0.2, 0.25) is 0 Å². The van der Waals surface area contributed by atoms with Gasteiger partial charge in [-0.05, 0) is 49.1 Å². The molecule has 0 aromatic carbocycles. The van der Waals surface area contributed by atoms with E-state index in [-0.39, 0.29) is 23.6 Å². The first kappa shape index (κ1) is 17.3. The van der Waals surface area contributed by atoms with Gasteiger partial charge in [-0.3, -0.25) is 14.3 Å². The largest absolute Gasteiger partial charge is 0.467 e. The van der Waals surface area contributed by atoms with Crippen molar-refractivity contribution in [1.82, 2.24) is 19.2 Å². The molecule has 7 nitrogen and oxygen atoms in total. The highest BCUT2D eigenvalue weighted by atomic mass is 16.3. The van der Waals surface area contributed by atoms with E-state index in [9.17, 15) is 9.59 Å². The third kappa shape index (κ3) is 3.20. The number of carbonyl (C=O) groups excluding carboxylic acids is 1. The highest BCUT2D eigenvalue weighted by molar-refractivity contribution is 5.93. The van der Waals surface area contributed by atoms with Gasteiger partial charge in [0.05, 0.1) is 25.0 Å². The predicted octanol–water partition coefficient (Wildman–Crippen LogP) is 2.04. The van der Waals surface area contributed by atoms with Crippen LogP contribution < -0.4 is 5.56 Å². The average molecular weight is 366 g/mol. The highest BCUT2D eigenvalue weighted by Gasteiger charge is 2.26. The number of hydrogen-bond acceptors (Lipinski definition) is 4. The summed E-state index contributed by atoms with van der Waals surface area (Å²) in [6, 6.07) is 6.89. The fraction of sp³-hybridized carbons (Fsp3) is 0.350. The predicted molar refractivity (Wildman–Crippen MR) is 99.2 cm³/mol. The second kappa shape index (κ2) is 6.90. The van der Waals surface area contributed by atoms with Crippen molar-refractivity contribution in [3.63, 3.8) is 0 Å². The maximum Gasteiger partial charge on any atom is 0.263 e. The molecule has 27 heavy (non-hydrogen) atoms. The van der Waals surface area contributed by atoms with E-state index in [2.05, 4.69) is 5.10 Å². The molecular formula is C20H22N4O3. The fourth-order valence-electron chi connectivity index (χ4n) is 3.73. The Morgan fingerprint density at radius 1 is 1.22 bits per heavy atom. The number of pyridine rings is 1. The molecule has 0 saturated heterocycles. The molecule has 140 valence electrons. The molecule has 3 aromatic heterocycles. The van der Waals surface area contributed by atoms with Gasteiger partial charge >= 0.3 is 0 Å². The van der Waals surface area contributed by atoms with Gasteiger partial charge in [-0.1, -0.05) is 0 Å². The van der Waals surface area contributed by atoms with E-state index in [1.54, 1.807) is 42.6 Å². The number of nitrogens with zero attached hydrogens (tertiary/aromatic N) is 4. The van der Waals surface area contributed by atoms with Gasteiger partial charge < -0.3 is 13.9 Å². The zero-order valence-corrected chi connectivity index (χ0v) is 15.5. The van der Waals surface area contributed by atoms with Crippen LogP contribution in [0.15, 0.2) is 45.9 Å². The van der Waals surface area contributed by atoms with Crippen molar-refractivity contribution in [2.24, 2.45) is 14.1 Å². The first-order valence-corrected chi connectivity index (χ1v) is 9.05. The first-order chi connectivity index (χ1) is 13.0. The van der Waals surface area contributed by atoms with Crippen LogP contribution in [-0.2, 0) is 40.0 Å². The average Bonchev–Trinajstić information content (AvgIpc) is 3.37. The van der Waals surface area contributed by atoms with Crippen molar-refractivity contribution >= 4 is 5.91 Å². The molecule has 7 heteroatoms. The number of hydrogen-bond donors (Lipinski definition) is 0. The Balaban J connectivity index is 1.69. The Morgan fingerprint density at radius 3 is 2.85 bits per heavy atom. The standard InChI is InChI=1S/C20H22N4O3/c1-22-10-4-8-16(19(22)25)20(26)24(12-14-6-5-11-27-14)13-17-15-7-3-9-18(15)23(2)21-17/h4-6,8,10-11H,3,7,9,12-13H2,1-2H3. The van der Waals surface area contributed by atoms with Crippen LogP contribution in [0.1, 0.15) is 39.5 Å². The lowest BCUT2D eigenvalue weighted by Gasteiger charge is -2.21. The number of furan rings is 1. The van der Waals surface area contributed by atoms with Gasteiger partial charge in [-0.15, -0.1) is 0 Å². The van der Waals surface area contributed by atoms with E-state index in [1.165, 1.54) is 15.8 Å². The molecule has 1 aliphatic rings. The summed E-state index contributed by atoms with van der Waals surface area (Å²) in [6.07, 6.45) is 6.33. The van der Waals surface area contributed by atoms with Gasteiger partial charge in [0.25, 0.3) is 11.5 Å². The zero-order valence-electron chi connectivity index (χ0n) is 15.5. The Bertz CT molecular complexity index is 1030. The molecule has 0 fully saturated rings. The minimum absolute atomic E-state index is 0.152. The SMILES string of the molecule is Cn1nc(CN(Cc2ccco2)C(=O)c2cccn(C)c2=O)c2c1CCC2. The summed E-state index contributed by atoms with van der Waals surface area (Å²) in [5.41, 5.74) is 3.22. The van der Waals surface area contributed by atoms with Crippen molar-refractivity contribution < 1.29 is 9.21 Å². The van der Waals surface area contributed by atoms with Crippen molar-refractivity contribution in [2.45, 2.75) is 32.4 Å². The summed E-state index contributed by atoms with van der Waals surface area (Å²) in [6.45, 7) is 0.635. The van der Waals surface area contributed by atoms with Gasteiger partial charge in [0.15, 0.2) is 0 Å². The number of amides is 1.